The predicted octanol–water partition coefficient (Wildman–Crippen LogP) is 3.93. The van der Waals surface area contributed by atoms with Gasteiger partial charge < -0.3 is 17.6 Å². The van der Waals surface area contributed by atoms with Gasteiger partial charge in [-0.15, -0.1) is 0 Å². The lowest BCUT2D eigenvalue weighted by Gasteiger charge is -2.30. The van der Waals surface area contributed by atoms with Gasteiger partial charge in [0, 0.05) is 17.8 Å². The maximum atomic E-state index is 14.6. The van der Waals surface area contributed by atoms with Gasteiger partial charge in [-0.25, -0.2) is 4.39 Å². The van der Waals surface area contributed by atoms with E-state index in [1.165, 1.54) is 24.5 Å². The lowest BCUT2D eigenvalue weighted by Crippen LogP contribution is -2.49. The number of aromatic nitrogens is 1. The van der Waals surface area contributed by atoms with Crippen molar-refractivity contribution in [1.82, 2.24) is 4.48 Å². The van der Waals surface area contributed by atoms with Crippen molar-refractivity contribution in [1.29, 1.82) is 0 Å². The van der Waals surface area contributed by atoms with Crippen LogP contribution in [0.5, 0.6) is 0 Å². The van der Waals surface area contributed by atoms with Crippen molar-refractivity contribution < 1.29 is 17.5 Å². The van der Waals surface area contributed by atoms with Crippen molar-refractivity contribution in [2.75, 3.05) is 0 Å². The smallest absolute Gasteiger partial charge is 0.396 e. The summed E-state index contributed by atoms with van der Waals surface area (Å²) in [6.07, 6.45) is 5.84. The second-order valence-corrected chi connectivity index (χ2v) is 5.60. The molecule has 3 heterocycles. The van der Waals surface area contributed by atoms with E-state index in [9.17, 15) is 13.0 Å². The number of hydrogen-bond donors (Lipinski definition) is 0. The van der Waals surface area contributed by atoms with Gasteiger partial charge in [-0.05, 0) is 36.0 Å². The Morgan fingerprint density at radius 3 is 2.77 bits per heavy atom. The number of hydrogen-bond acceptors (Lipinski definition) is 0. The molecule has 0 N–H and O–H groups in total. The molecule has 0 saturated carbocycles. The Balaban J connectivity index is 2.04. The van der Waals surface area contributed by atoms with Gasteiger partial charge in [-0.3, -0.25) is 0 Å². The molecule has 2 aliphatic heterocycles. The monoisotopic (exact) mass is 320 g/mol. The van der Waals surface area contributed by atoms with Gasteiger partial charge in [0.1, 0.15) is 12.0 Å². The number of benzene rings is 1. The van der Waals surface area contributed by atoms with Crippen molar-refractivity contribution >= 4 is 30.4 Å². The lowest BCUT2D eigenvalue weighted by molar-refractivity contribution is -0.356. The van der Waals surface area contributed by atoms with Gasteiger partial charge in [-0.1, -0.05) is 17.7 Å². The molecule has 0 aliphatic carbocycles. The zero-order valence-electron chi connectivity index (χ0n) is 11.2. The van der Waals surface area contributed by atoms with Gasteiger partial charge >= 0.3 is 6.97 Å². The highest BCUT2D eigenvalue weighted by atomic mass is 35.5. The van der Waals surface area contributed by atoms with Crippen LogP contribution in [-0.4, -0.2) is 22.1 Å². The minimum Gasteiger partial charge on any atom is -0.396 e. The van der Waals surface area contributed by atoms with Crippen LogP contribution in [0.4, 0.5) is 13.0 Å². The largest absolute Gasteiger partial charge is 0.737 e. The second kappa shape index (κ2) is 4.40. The molecule has 110 valence electrons. The highest BCUT2D eigenvalue weighted by Gasteiger charge is 2.51. The van der Waals surface area contributed by atoms with E-state index in [-0.39, 0.29) is 5.02 Å². The van der Waals surface area contributed by atoms with E-state index in [0.717, 1.165) is 8.96 Å². The summed E-state index contributed by atoms with van der Waals surface area (Å²) < 4.78 is 44.8. The SMILES string of the molecule is Fc1cc(C2=C3C=CC=[N+]3[B-](F)(F)n3cccc32)ccc1Cl. The van der Waals surface area contributed by atoms with Crippen LogP contribution in [0, 0.1) is 5.82 Å². The van der Waals surface area contributed by atoms with Crippen LogP contribution in [0.3, 0.4) is 0 Å². The molecule has 1 aromatic carbocycles. The molecule has 2 nitrogen and oxygen atoms in total. The van der Waals surface area contributed by atoms with Gasteiger partial charge in [0.2, 0.25) is 0 Å². The first-order valence-electron chi connectivity index (χ1n) is 6.69. The fraction of sp³-hybridized carbons (Fsp3) is 0. The van der Waals surface area contributed by atoms with Gasteiger partial charge in [0.15, 0.2) is 5.70 Å². The Hall–Kier alpha value is -2.21. The van der Waals surface area contributed by atoms with Crippen LogP contribution in [0.15, 0.2) is 54.4 Å². The second-order valence-electron chi connectivity index (χ2n) is 5.19. The first-order valence-corrected chi connectivity index (χ1v) is 7.07. The van der Waals surface area contributed by atoms with Crippen molar-refractivity contribution in [2.45, 2.75) is 0 Å². The molecule has 2 aromatic rings. The lowest BCUT2D eigenvalue weighted by atomic mass is 9.86. The Labute approximate surface area is 129 Å². The maximum Gasteiger partial charge on any atom is 0.737 e. The summed E-state index contributed by atoms with van der Waals surface area (Å²) in [4.78, 5) is 0. The molecule has 7 heteroatoms. The Bertz CT molecular complexity index is 896. The summed E-state index contributed by atoms with van der Waals surface area (Å²) in [6, 6.07) is 7.49. The standard InChI is InChI=1S/C15H9BClF3N2/c17-11-6-5-10(9-12(11)18)15-13-3-1-7-21(13)16(19,20)22-8-2-4-14(15)22/h1-9H. The summed E-state index contributed by atoms with van der Waals surface area (Å²) in [5.41, 5.74) is 1.78. The molecule has 0 saturated heterocycles. The minimum atomic E-state index is -3.94. The molecule has 0 fully saturated rings. The number of nitrogens with zero attached hydrogens (tertiary/aromatic N) is 2. The first kappa shape index (κ1) is 13.5. The number of fused-ring (bicyclic) bond motifs is 2. The predicted molar refractivity (Wildman–Crippen MR) is 80.7 cm³/mol. The number of rotatable bonds is 1. The van der Waals surface area contributed by atoms with E-state index in [4.69, 9.17) is 11.6 Å². The van der Waals surface area contributed by atoms with Crippen LogP contribution < -0.4 is 0 Å². The highest BCUT2D eigenvalue weighted by Crippen LogP contribution is 2.38. The van der Waals surface area contributed by atoms with Crippen LogP contribution in [-0.2, 0) is 0 Å². The fourth-order valence-corrected chi connectivity index (χ4v) is 3.08. The summed E-state index contributed by atoms with van der Waals surface area (Å²) in [5.74, 6) is -0.578. The summed E-state index contributed by atoms with van der Waals surface area (Å²) in [5, 5.41) is 0.000438. The van der Waals surface area contributed by atoms with E-state index in [0.29, 0.717) is 22.5 Å². The average molecular weight is 321 g/mol. The topological polar surface area (TPSA) is 7.94 Å². The molecule has 0 atom stereocenters. The first-order chi connectivity index (χ1) is 10.5. The molecule has 4 rings (SSSR count). The average Bonchev–Trinajstić information content (AvgIpc) is 3.12. The molecular weight excluding hydrogens is 311 g/mol. The molecule has 0 amide bonds. The summed E-state index contributed by atoms with van der Waals surface area (Å²) in [6.45, 7) is -3.94. The van der Waals surface area contributed by atoms with Gasteiger partial charge in [0.25, 0.3) is 0 Å². The molecule has 0 spiro atoms. The van der Waals surface area contributed by atoms with Crippen LogP contribution in [0.25, 0.3) is 5.57 Å². The molecular formula is C15H9BClF3N2. The Morgan fingerprint density at radius 1 is 1.18 bits per heavy atom. The van der Waals surface area contributed by atoms with E-state index in [1.54, 1.807) is 30.4 Å². The van der Waals surface area contributed by atoms with E-state index in [2.05, 4.69) is 0 Å². The highest BCUT2D eigenvalue weighted by molar-refractivity contribution is 6.57. The minimum absolute atomic E-state index is 0.000438. The van der Waals surface area contributed by atoms with Crippen LogP contribution in [0.2, 0.25) is 5.02 Å². The van der Waals surface area contributed by atoms with Gasteiger partial charge in [-0.2, -0.15) is 0 Å². The Kier molecular flexibility index (Phi) is 2.69. The van der Waals surface area contributed by atoms with E-state index < -0.39 is 12.8 Å². The zero-order valence-corrected chi connectivity index (χ0v) is 11.9. The van der Waals surface area contributed by atoms with Gasteiger partial charge in [0.05, 0.1) is 10.6 Å². The third-order valence-electron chi connectivity index (χ3n) is 3.95. The molecule has 0 unspecified atom stereocenters. The number of allylic oxidation sites excluding steroid dienone is 2. The maximum absolute atomic E-state index is 14.6. The normalized spacial score (nSPS) is 18.3. The molecule has 1 aromatic heterocycles. The number of halogens is 4. The Morgan fingerprint density at radius 2 is 2.00 bits per heavy atom. The summed E-state index contributed by atoms with van der Waals surface area (Å²) >= 11 is 5.71. The zero-order chi connectivity index (χ0) is 15.5. The van der Waals surface area contributed by atoms with Crippen molar-refractivity contribution in [3.05, 3.63) is 76.5 Å². The summed E-state index contributed by atoms with van der Waals surface area (Å²) in [7, 11) is 0. The van der Waals surface area contributed by atoms with E-state index in [1.807, 2.05) is 0 Å². The fourth-order valence-electron chi connectivity index (χ4n) is 2.97. The third kappa shape index (κ3) is 1.67. The van der Waals surface area contributed by atoms with Crippen LogP contribution in [0.1, 0.15) is 11.3 Å². The van der Waals surface area contributed by atoms with Crippen molar-refractivity contribution in [2.24, 2.45) is 0 Å². The molecule has 22 heavy (non-hydrogen) atoms. The molecule has 2 aliphatic rings. The molecule has 0 bridgehead atoms. The van der Waals surface area contributed by atoms with Crippen molar-refractivity contribution in [3.63, 3.8) is 0 Å². The van der Waals surface area contributed by atoms with E-state index >= 15 is 0 Å². The van der Waals surface area contributed by atoms with Crippen LogP contribution >= 0.6 is 11.6 Å². The third-order valence-corrected chi connectivity index (χ3v) is 4.25. The quantitative estimate of drug-likeness (QED) is 0.704. The molecule has 0 radical (unpaired) electrons. The van der Waals surface area contributed by atoms with Crippen molar-refractivity contribution in [3.8, 4) is 0 Å².